The van der Waals surface area contributed by atoms with E-state index in [0.717, 1.165) is 31.1 Å². The smallest absolute Gasteiger partial charge is 0.220 e. The molecule has 108 valence electrons. The van der Waals surface area contributed by atoms with E-state index in [4.69, 9.17) is 5.73 Å². The van der Waals surface area contributed by atoms with Gasteiger partial charge in [0, 0.05) is 18.5 Å². The summed E-state index contributed by atoms with van der Waals surface area (Å²) in [6.45, 7) is 6.51. The molecule has 0 saturated heterocycles. The van der Waals surface area contributed by atoms with Gasteiger partial charge in [-0.05, 0) is 38.0 Å². The zero-order valence-corrected chi connectivity index (χ0v) is 12.8. The number of nitrogens with one attached hydrogen (secondary N) is 1. The zero-order chi connectivity index (χ0) is 12.8. The molecule has 1 fully saturated rings. The molecule has 0 spiro atoms. The van der Waals surface area contributed by atoms with Crippen molar-refractivity contribution in [3.05, 3.63) is 0 Å². The summed E-state index contributed by atoms with van der Waals surface area (Å²) in [5, 5.41) is 3.16. The lowest BCUT2D eigenvalue weighted by Crippen LogP contribution is -2.39. The molecule has 0 bridgehead atoms. The molecule has 0 aromatic carbocycles. The van der Waals surface area contributed by atoms with Gasteiger partial charge in [-0.2, -0.15) is 0 Å². The van der Waals surface area contributed by atoms with E-state index in [2.05, 4.69) is 19.2 Å². The normalized spacial score (nSPS) is 25.4. The molecule has 0 aliphatic heterocycles. The zero-order valence-electron chi connectivity index (χ0n) is 11.9. The minimum atomic E-state index is 0. The minimum absolute atomic E-state index is 0. The molecule has 3 N–H and O–H groups in total. The van der Waals surface area contributed by atoms with Crippen LogP contribution in [0, 0.1) is 11.8 Å². The molecule has 3 atom stereocenters. The van der Waals surface area contributed by atoms with Crippen molar-refractivity contribution in [2.24, 2.45) is 17.6 Å². The highest BCUT2D eigenvalue weighted by Gasteiger charge is 2.24. The molecule has 3 unspecified atom stereocenters. The number of amides is 1. The fourth-order valence-electron chi connectivity index (χ4n) is 2.62. The van der Waals surface area contributed by atoms with Crippen molar-refractivity contribution in [3.63, 3.8) is 0 Å². The molecule has 3 nitrogen and oxygen atoms in total. The van der Waals surface area contributed by atoms with E-state index in [1.807, 2.05) is 6.92 Å². The Morgan fingerprint density at radius 1 is 1.33 bits per heavy atom. The quantitative estimate of drug-likeness (QED) is 0.811. The van der Waals surface area contributed by atoms with E-state index >= 15 is 0 Å². The van der Waals surface area contributed by atoms with Gasteiger partial charge in [-0.25, -0.2) is 0 Å². The molecule has 0 aromatic heterocycles. The van der Waals surface area contributed by atoms with Crippen molar-refractivity contribution in [3.8, 4) is 0 Å². The van der Waals surface area contributed by atoms with E-state index in [1.54, 1.807) is 0 Å². The predicted octanol–water partition coefficient (Wildman–Crippen LogP) is 2.87. The minimum Gasteiger partial charge on any atom is -0.353 e. The summed E-state index contributed by atoms with van der Waals surface area (Å²) < 4.78 is 0. The van der Waals surface area contributed by atoms with Crippen LogP contribution in [0.5, 0.6) is 0 Å². The summed E-state index contributed by atoms with van der Waals surface area (Å²) in [6, 6.07) is 0.521. The van der Waals surface area contributed by atoms with Gasteiger partial charge in [-0.3, -0.25) is 4.79 Å². The molecular formula is C14H29ClN2O. The predicted molar refractivity (Wildman–Crippen MR) is 78.9 cm³/mol. The molecule has 0 radical (unpaired) electrons. The highest BCUT2D eigenvalue weighted by Crippen LogP contribution is 2.29. The summed E-state index contributed by atoms with van der Waals surface area (Å²) in [5.74, 6) is 1.69. The number of rotatable bonds is 5. The van der Waals surface area contributed by atoms with Crippen molar-refractivity contribution >= 4 is 18.3 Å². The standard InChI is InChI=1S/C14H28N2O.ClH/c1-10(2)12-5-4-6-13(9-12)16-14(17)8-7-11(3)15;/h10-13H,4-9,15H2,1-3H3,(H,16,17);1H. The number of hydrogen-bond acceptors (Lipinski definition) is 2. The third kappa shape index (κ3) is 6.60. The summed E-state index contributed by atoms with van der Waals surface area (Å²) >= 11 is 0. The Kier molecular flexibility index (Phi) is 8.62. The van der Waals surface area contributed by atoms with Crippen LogP contribution in [0.3, 0.4) is 0 Å². The molecule has 1 amide bonds. The number of carbonyl (C=O) groups excluding carboxylic acids is 1. The first-order valence-corrected chi connectivity index (χ1v) is 7.04. The maximum atomic E-state index is 11.7. The van der Waals surface area contributed by atoms with Crippen LogP contribution < -0.4 is 11.1 Å². The second kappa shape index (κ2) is 8.76. The first kappa shape index (κ1) is 17.7. The van der Waals surface area contributed by atoms with E-state index in [1.165, 1.54) is 12.8 Å². The lowest BCUT2D eigenvalue weighted by Gasteiger charge is -2.32. The molecule has 0 aromatic rings. The Balaban J connectivity index is 0.00000289. The first-order valence-electron chi connectivity index (χ1n) is 7.04. The van der Waals surface area contributed by atoms with Crippen LogP contribution in [-0.2, 0) is 4.79 Å². The van der Waals surface area contributed by atoms with Crippen LogP contribution in [0.1, 0.15) is 59.3 Å². The van der Waals surface area contributed by atoms with Crippen LogP contribution in [0.15, 0.2) is 0 Å². The highest BCUT2D eigenvalue weighted by molar-refractivity contribution is 5.85. The van der Waals surface area contributed by atoms with Gasteiger partial charge in [0.1, 0.15) is 0 Å². The first-order chi connectivity index (χ1) is 7.99. The van der Waals surface area contributed by atoms with Gasteiger partial charge < -0.3 is 11.1 Å². The van der Waals surface area contributed by atoms with Crippen LogP contribution in [0.4, 0.5) is 0 Å². The van der Waals surface area contributed by atoms with E-state index in [9.17, 15) is 4.79 Å². The number of halogens is 1. The van der Waals surface area contributed by atoms with E-state index in [0.29, 0.717) is 12.5 Å². The van der Waals surface area contributed by atoms with Gasteiger partial charge in [0.15, 0.2) is 0 Å². The summed E-state index contributed by atoms with van der Waals surface area (Å²) in [6.07, 6.45) is 6.23. The Bertz CT molecular complexity index is 244. The molecule has 0 heterocycles. The molecule has 4 heteroatoms. The Hall–Kier alpha value is -0.280. The summed E-state index contributed by atoms with van der Waals surface area (Å²) in [5.41, 5.74) is 5.66. The SMILES string of the molecule is CC(N)CCC(=O)NC1CCCC(C(C)C)C1.Cl. The second-order valence-corrected chi connectivity index (χ2v) is 5.95. The molecule has 18 heavy (non-hydrogen) atoms. The van der Waals surface area contributed by atoms with E-state index < -0.39 is 0 Å². The maximum absolute atomic E-state index is 11.7. The van der Waals surface area contributed by atoms with Crippen molar-refractivity contribution in [1.82, 2.24) is 5.32 Å². The average molecular weight is 277 g/mol. The van der Waals surface area contributed by atoms with Crippen LogP contribution in [0.25, 0.3) is 0 Å². The van der Waals surface area contributed by atoms with Crippen molar-refractivity contribution in [2.45, 2.75) is 71.4 Å². The van der Waals surface area contributed by atoms with Gasteiger partial charge in [0.25, 0.3) is 0 Å². The number of hydrogen-bond donors (Lipinski definition) is 2. The monoisotopic (exact) mass is 276 g/mol. The largest absolute Gasteiger partial charge is 0.353 e. The van der Waals surface area contributed by atoms with Crippen molar-refractivity contribution in [2.75, 3.05) is 0 Å². The topological polar surface area (TPSA) is 55.1 Å². The number of carbonyl (C=O) groups is 1. The third-order valence-corrected chi connectivity index (χ3v) is 3.85. The van der Waals surface area contributed by atoms with Gasteiger partial charge in [0.2, 0.25) is 5.91 Å². The van der Waals surface area contributed by atoms with Gasteiger partial charge in [-0.1, -0.05) is 26.7 Å². The molecule has 1 rings (SSSR count). The van der Waals surface area contributed by atoms with Gasteiger partial charge in [-0.15, -0.1) is 12.4 Å². The Labute approximate surface area is 118 Å². The fraction of sp³-hybridized carbons (Fsp3) is 0.929. The highest BCUT2D eigenvalue weighted by atomic mass is 35.5. The van der Waals surface area contributed by atoms with Gasteiger partial charge >= 0.3 is 0 Å². The fourth-order valence-corrected chi connectivity index (χ4v) is 2.62. The van der Waals surface area contributed by atoms with Crippen molar-refractivity contribution in [1.29, 1.82) is 0 Å². The van der Waals surface area contributed by atoms with Crippen LogP contribution >= 0.6 is 12.4 Å². The lowest BCUT2D eigenvalue weighted by atomic mass is 9.79. The Morgan fingerprint density at radius 2 is 2.00 bits per heavy atom. The molecule has 1 aliphatic carbocycles. The summed E-state index contributed by atoms with van der Waals surface area (Å²) in [7, 11) is 0. The molecular weight excluding hydrogens is 248 g/mol. The number of nitrogens with two attached hydrogens (primary N) is 1. The van der Waals surface area contributed by atoms with E-state index in [-0.39, 0.29) is 24.4 Å². The lowest BCUT2D eigenvalue weighted by molar-refractivity contribution is -0.122. The van der Waals surface area contributed by atoms with Gasteiger partial charge in [0.05, 0.1) is 0 Å². The molecule has 1 aliphatic rings. The third-order valence-electron chi connectivity index (χ3n) is 3.85. The Morgan fingerprint density at radius 3 is 2.56 bits per heavy atom. The maximum Gasteiger partial charge on any atom is 0.220 e. The second-order valence-electron chi connectivity index (χ2n) is 5.95. The van der Waals surface area contributed by atoms with Crippen molar-refractivity contribution < 1.29 is 4.79 Å². The summed E-state index contributed by atoms with van der Waals surface area (Å²) in [4.78, 5) is 11.7. The van der Waals surface area contributed by atoms with Crippen LogP contribution in [0.2, 0.25) is 0 Å². The average Bonchev–Trinajstić information content (AvgIpc) is 2.26. The molecule has 1 saturated carbocycles. The van der Waals surface area contributed by atoms with Crippen LogP contribution in [-0.4, -0.2) is 18.0 Å².